The molecule has 39 heavy (non-hydrogen) atoms. The van der Waals surface area contributed by atoms with Crippen LogP contribution >= 0.6 is 11.8 Å². The van der Waals surface area contributed by atoms with Gasteiger partial charge in [-0.25, -0.2) is 4.98 Å². The maximum absolute atomic E-state index is 13.4. The molecule has 10 heteroatoms. The Hall–Kier alpha value is -4.18. The van der Waals surface area contributed by atoms with Crippen LogP contribution in [0.2, 0.25) is 0 Å². The lowest BCUT2D eigenvalue weighted by atomic mass is 10.1. The van der Waals surface area contributed by atoms with Crippen LogP contribution in [-0.4, -0.2) is 54.7 Å². The summed E-state index contributed by atoms with van der Waals surface area (Å²) in [4.78, 5) is 30.8. The van der Waals surface area contributed by atoms with Gasteiger partial charge in [0.2, 0.25) is 5.91 Å². The van der Waals surface area contributed by atoms with Gasteiger partial charge >= 0.3 is 0 Å². The van der Waals surface area contributed by atoms with Crippen LogP contribution in [0.1, 0.15) is 5.56 Å². The summed E-state index contributed by atoms with van der Waals surface area (Å²) < 4.78 is 24.1. The highest BCUT2D eigenvalue weighted by Gasteiger charge is 2.24. The van der Waals surface area contributed by atoms with E-state index < -0.39 is 0 Å². The second-order valence-electron chi connectivity index (χ2n) is 8.90. The SMILES string of the molecule is COc1ccc(CCNC(=O)CSc2nc3ccccc3c(=O)n2CC2COc3ccccc3O2)cc1OC. The lowest BCUT2D eigenvalue weighted by Crippen LogP contribution is -2.37. The number of para-hydroxylation sites is 3. The molecule has 3 aromatic carbocycles. The second-order valence-corrected chi connectivity index (χ2v) is 9.85. The van der Waals surface area contributed by atoms with E-state index in [1.54, 1.807) is 30.9 Å². The van der Waals surface area contributed by atoms with Crippen LogP contribution in [0.25, 0.3) is 10.9 Å². The first-order valence-electron chi connectivity index (χ1n) is 12.5. The molecule has 0 fully saturated rings. The van der Waals surface area contributed by atoms with E-state index >= 15 is 0 Å². The number of rotatable bonds is 10. The lowest BCUT2D eigenvalue weighted by molar-refractivity contribution is -0.118. The van der Waals surface area contributed by atoms with Gasteiger partial charge in [-0.3, -0.25) is 14.2 Å². The van der Waals surface area contributed by atoms with Gasteiger partial charge in [-0.1, -0.05) is 42.1 Å². The number of hydrogen-bond donors (Lipinski definition) is 1. The number of fused-ring (bicyclic) bond motifs is 2. The predicted molar refractivity (Wildman–Crippen MR) is 149 cm³/mol. The van der Waals surface area contributed by atoms with Gasteiger partial charge in [-0.15, -0.1) is 0 Å². The van der Waals surface area contributed by atoms with Gasteiger partial charge in [0.25, 0.3) is 5.56 Å². The quantitative estimate of drug-likeness (QED) is 0.237. The highest BCUT2D eigenvalue weighted by Crippen LogP contribution is 2.31. The van der Waals surface area contributed by atoms with E-state index in [0.717, 1.165) is 5.56 Å². The molecule has 1 aliphatic rings. The summed E-state index contributed by atoms with van der Waals surface area (Å²) in [6.45, 7) is 1.00. The van der Waals surface area contributed by atoms with Gasteiger partial charge in [0.1, 0.15) is 6.61 Å². The van der Waals surface area contributed by atoms with E-state index in [0.29, 0.717) is 58.6 Å². The number of thioether (sulfide) groups is 1. The number of hydrogen-bond acceptors (Lipinski definition) is 8. The monoisotopic (exact) mass is 547 g/mol. The van der Waals surface area contributed by atoms with Gasteiger partial charge in [-0.2, -0.15) is 0 Å². The van der Waals surface area contributed by atoms with E-state index in [-0.39, 0.29) is 29.9 Å². The van der Waals surface area contributed by atoms with Crippen LogP contribution in [0.15, 0.2) is 76.7 Å². The number of benzene rings is 3. The fraction of sp³-hybridized carbons (Fsp3) is 0.276. The Balaban J connectivity index is 1.26. The molecule has 1 amide bonds. The molecule has 1 N–H and O–H groups in total. The van der Waals surface area contributed by atoms with Gasteiger partial charge in [-0.05, 0) is 48.4 Å². The highest BCUT2D eigenvalue weighted by molar-refractivity contribution is 7.99. The van der Waals surface area contributed by atoms with Crippen LogP contribution < -0.4 is 29.8 Å². The Bertz CT molecular complexity index is 1540. The summed E-state index contributed by atoms with van der Waals surface area (Å²) in [6, 6.07) is 20.3. The molecule has 202 valence electrons. The number of nitrogens with one attached hydrogen (secondary N) is 1. The second kappa shape index (κ2) is 12.1. The number of ether oxygens (including phenoxy) is 4. The van der Waals surface area contributed by atoms with Crippen molar-refractivity contribution in [3.05, 3.63) is 82.6 Å². The van der Waals surface area contributed by atoms with Crippen molar-refractivity contribution in [1.29, 1.82) is 0 Å². The van der Waals surface area contributed by atoms with E-state index in [1.165, 1.54) is 11.8 Å². The van der Waals surface area contributed by atoms with Crippen molar-refractivity contribution in [2.24, 2.45) is 0 Å². The molecule has 1 aromatic heterocycles. The minimum atomic E-state index is -0.379. The van der Waals surface area contributed by atoms with Crippen molar-refractivity contribution in [3.63, 3.8) is 0 Å². The third kappa shape index (κ3) is 6.12. The lowest BCUT2D eigenvalue weighted by Gasteiger charge is -2.27. The zero-order valence-corrected chi connectivity index (χ0v) is 22.5. The third-order valence-electron chi connectivity index (χ3n) is 6.30. The molecular weight excluding hydrogens is 518 g/mol. The number of carbonyl (C=O) groups excluding carboxylic acids is 1. The topological polar surface area (TPSA) is 101 Å². The summed E-state index contributed by atoms with van der Waals surface area (Å²) in [6.07, 6.45) is 0.256. The minimum absolute atomic E-state index is 0.113. The molecule has 0 saturated heterocycles. The molecule has 0 saturated carbocycles. The number of amides is 1. The largest absolute Gasteiger partial charge is 0.493 e. The van der Waals surface area contributed by atoms with Crippen molar-refractivity contribution in [1.82, 2.24) is 14.9 Å². The Kier molecular flexibility index (Phi) is 8.21. The predicted octanol–water partition coefficient (Wildman–Crippen LogP) is 3.70. The average Bonchev–Trinajstić information content (AvgIpc) is 2.97. The van der Waals surface area contributed by atoms with Gasteiger partial charge < -0.3 is 24.3 Å². The average molecular weight is 548 g/mol. The third-order valence-corrected chi connectivity index (χ3v) is 7.27. The normalized spacial score (nSPS) is 14.2. The van der Waals surface area contributed by atoms with Gasteiger partial charge in [0.15, 0.2) is 34.3 Å². The molecule has 0 spiro atoms. The van der Waals surface area contributed by atoms with Crippen molar-refractivity contribution < 1.29 is 23.7 Å². The summed E-state index contributed by atoms with van der Waals surface area (Å²) in [5, 5.41) is 3.91. The number of nitrogens with zero attached hydrogens (tertiary/aromatic N) is 2. The molecule has 0 radical (unpaired) electrons. The number of aromatic nitrogens is 2. The van der Waals surface area contributed by atoms with E-state index in [2.05, 4.69) is 5.32 Å². The van der Waals surface area contributed by atoms with Crippen molar-refractivity contribution in [3.8, 4) is 23.0 Å². The summed E-state index contributed by atoms with van der Waals surface area (Å²) in [5.74, 6) is 2.58. The van der Waals surface area contributed by atoms with E-state index in [4.69, 9.17) is 23.9 Å². The zero-order valence-electron chi connectivity index (χ0n) is 21.7. The first kappa shape index (κ1) is 26.4. The van der Waals surface area contributed by atoms with E-state index in [1.807, 2.05) is 54.6 Å². The number of methoxy groups -OCH3 is 2. The molecule has 2 heterocycles. The Morgan fingerprint density at radius 1 is 1.05 bits per heavy atom. The summed E-state index contributed by atoms with van der Waals surface area (Å²) >= 11 is 1.22. The van der Waals surface area contributed by atoms with Crippen molar-refractivity contribution in [2.45, 2.75) is 24.2 Å². The molecule has 4 aromatic rings. The van der Waals surface area contributed by atoms with Crippen LogP contribution in [0.5, 0.6) is 23.0 Å². The number of carbonyl (C=O) groups is 1. The molecule has 0 aliphatic carbocycles. The van der Waals surface area contributed by atoms with Gasteiger partial charge in [0, 0.05) is 6.54 Å². The maximum atomic E-state index is 13.4. The van der Waals surface area contributed by atoms with Crippen molar-refractivity contribution >= 4 is 28.6 Å². The first-order valence-corrected chi connectivity index (χ1v) is 13.5. The van der Waals surface area contributed by atoms with Gasteiger partial charge in [0.05, 0.1) is 37.4 Å². The minimum Gasteiger partial charge on any atom is -0.493 e. The first-order chi connectivity index (χ1) is 19.1. The van der Waals surface area contributed by atoms with Crippen LogP contribution in [0.4, 0.5) is 0 Å². The fourth-order valence-corrected chi connectivity index (χ4v) is 5.18. The van der Waals surface area contributed by atoms with E-state index in [9.17, 15) is 9.59 Å². The molecule has 9 nitrogen and oxygen atoms in total. The van der Waals surface area contributed by atoms with Crippen molar-refractivity contribution in [2.75, 3.05) is 33.1 Å². The Morgan fingerprint density at radius 2 is 1.82 bits per heavy atom. The molecule has 1 unspecified atom stereocenters. The highest BCUT2D eigenvalue weighted by atomic mass is 32.2. The Morgan fingerprint density at radius 3 is 2.64 bits per heavy atom. The Labute approximate surface area is 230 Å². The molecule has 1 atom stereocenters. The molecule has 5 rings (SSSR count). The summed E-state index contributed by atoms with van der Waals surface area (Å²) in [7, 11) is 3.18. The zero-order chi connectivity index (χ0) is 27.2. The maximum Gasteiger partial charge on any atom is 0.262 e. The standard InChI is InChI=1S/C29H29N3O6S/c1-35-23-12-11-19(15-26(23)36-2)13-14-30-27(33)18-39-29-31-22-8-4-3-7-21(22)28(34)32(29)16-20-17-37-24-9-5-6-10-25(24)38-20/h3-12,15,20H,13-14,16-18H2,1-2H3,(H,30,33). The fourth-order valence-electron chi connectivity index (χ4n) is 4.34. The molecular formula is C29H29N3O6S. The molecule has 1 aliphatic heterocycles. The van der Waals surface area contributed by atoms with Crippen LogP contribution in [0, 0.1) is 0 Å². The summed E-state index contributed by atoms with van der Waals surface area (Å²) in [5.41, 5.74) is 1.42. The smallest absolute Gasteiger partial charge is 0.262 e. The van der Waals surface area contributed by atoms with Crippen LogP contribution in [0.3, 0.4) is 0 Å². The van der Waals surface area contributed by atoms with Crippen LogP contribution in [-0.2, 0) is 17.8 Å². The molecule has 0 bridgehead atoms.